The summed E-state index contributed by atoms with van der Waals surface area (Å²) in [7, 11) is 0. The Morgan fingerprint density at radius 1 is 1.15 bits per heavy atom. The summed E-state index contributed by atoms with van der Waals surface area (Å²) < 4.78 is 26.6. The highest BCUT2D eigenvalue weighted by Crippen LogP contribution is 2.24. The zero-order valence-corrected chi connectivity index (χ0v) is 12.5. The quantitative estimate of drug-likeness (QED) is 0.430. The number of hydrogen-bond acceptors (Lipinski definition) is 0. The van der Waals surface area contributed by atoms with Crippen molar-refractivity contribution in [3.63, 3.8) is 0 Å². The minimum atomic E-state index is -1.03. The molecule has 0 rings (SSSR count). The van der Waals surface area contributed by atoms with Crippen LogP contribution in [0.25, 0.3) is 0 Å². The van der Waals surface area contributed by atoms with E-state index in [4.69, 9.17) is 0 Å². The molecule has 20 heavy (non-hydrogen) atoms. The molecule has 0 aromatic rings. The molecule has 0 heterocycles. The van der Waals surface area contributed by atoms with Gasteiger partial charge in [0.1, 0.15) is 0 Å². The van der Waals surface area contributed by atoms with E-state index in [1.54, 1.807) is 12.2 Å². The Morgan fingerprint density at radius 3 is 2.25 bits per heavy atom. The fourth-order valence-corrected chi connectivity index (χ4v) is 1.54. The first-order chi connectivity index (χ1) is 9.34. The van der Waals surface area contributed by atoms with Gasteiger partial charge >= 0.3 is 0 Å². The van der Waals surface area contributed by atoms with Gasteiger partial charge in [-0.25, -0.2) is 8.78 Å². The second-order valence-electron chi connectivity index (χ2n) is 4.82. The lowest BCUT2D eigenvalue weighted by Gasteiger charge is -2.11. The van der Waals surface area contributed by atoms with E-state index in [-0.39, 0.29) is 5.57 Å². The van der Waals surface area contributed by atoms with E-state index in [0.29, 0.717) is 11.5 Å². The monoisotopic (exact) mass is 278 g/mol. The van der Waals surface area contributed by atoms with Crippen molar-refractivity contribution < 1.29 is 8.78 Å². The molecule has 1 unspecified atom stereocenters. The topological polar surface area (TPSA) is 0 Å². The normalized spacial score (nSPS) is 13.8. The maximum atomic E-state index is 13.5. The maximum absolute atomic E-state index is 13.5. The minimum absolute atomic E-state index is 0.0762. The van der Waals surface area contributed by atoms with Crippen LogP contribution in [0, 0.1) is 5.92 Å². The van der Waals surface area contributed by atoms with Crippen molar-refractivity contribution in [2.24, 2.45) is 5.92 Å². The summed E-state index contributed by atoms with van der Waals surface area (Å²) in [5, 5.41) is 0. The number of allylic oxidation sites excluding steroid dienone is 8. The van der Waals surface area contributed by atoms with Crippen molar-refractivity contribution in [3.05, 3.63) is 72.9 Å². The van der Waals surface area contributed by atoms with Crippen molar-refractivity contribution >= 4 is 0 Å². The SMILES string of the molecule is C=C/C(F)=C(/F)C(=C)C(=C)/C=C\C(=C)C(C)CCCC. The maximum Gasteiger partial charge on any atom is 0.165 e. The summed E-state index contributed by atoms with van der Waals surface area (Å²) in [5.41, 5.74) is 1.19. The summed E-state index contributed by atoms with van der Waals surface area (Å²) in [6, 6.07) is 0. The second kappa shape index (κ2) is 9.24. The van der Waals surface area contributed by atoms with Gasteiger partial charge in [-0.2, -0.15) is 0 Å². The van der Waals surface area contributed by atoms with Gasteiger partial charge in [0, 0.05) is 5.57 Å². The molecular formula is C18H24F2. The molecule has 0 saturated heterocycles. The van der Waals surface area contributed by atoms with Gasteiger partial charge in [0.25, 0.3) is 0 Å². The molecule has 110 valence electrons. The zero-order chi connectivity index (χ0) is 15.7. The van der Waals surface area contributed by atoms with Crippen LogP contribution in [0.3, 0.4) is 0 Å². The van der Waals surface area contributed by atoms with Gasteiger partial charge in [-0.05, 0) is 24.0 Å². The number of hydrogen-bond donors (Lipinski definition) is 0. The van der Waals surface area contributed by atoms with Crippen LogP contribution in [0.4, 0.5) is 8.78 Å². The molecule has 0 bridgehead atoms. The van der Waals surface area contributed by atoms with Crippen molar-refractivity contribution in [1.82, 2.24) is 0 Å². The molecule has 0 nitrogen and oxygen atoms in total. The van der Waals surface area contributed by atoms with Gasteiger partial charge in [0.15, 0.2) is 11.7 Å². The van der Waals surface area contributed by atoms with E-state index >= 15 is 0 Å². The Balaban J connectivity index is 4.68. The van der Waals surface area contributed by atoms with E-state index in [9.17, 15) is 8.78 Å². The molecule has 1 atom stereocenters. The molecule has 0 aliphatic heterocycles. The summed E-state index contributed by atoms with van der Waals surface area (Å²) in [6.07, 6.45) is 7.55. The Morgan fingerprint density at radius 2 is 1.75 bits per heavy atom. The summed E-state index contributed by atoms with van der Waals surface area (Å²) in [5.74, 6) is -1.70. The molecule has 0 N–H and O–H groups in total. The Hall–Kier alpha value is -1.70. The van der Waals surface area contributed by atoms with Crippen molar-refractivity contribution in [2.75, 3.05) is 0 Å². The highest BCUT2D eigenvalue weighted by Gasteiger charge is 2.09. The van der Waals surface area contributed by atoms with Gasteiger partial charge in [-0.15, -0.1) is 0 Å². The van der Waals surface area contributed by atoms with Crippen molar-refractivity contribution in [3.8, 4) is 0 Å². The predicted molar refractivity (Wildman–Crippen MR) is 84.7 cm³/mol. The third kappa shape index (κ3) is 5.96. The van der Waals surface area contributed by atoms with Gasteiger partial charge in [0.05, 0.1) is 0 Å². The molecule has 0 amide bonds. The van der Waals surface area contributed by atoms with E-state index in [1.165, 1.54) is 0 Å². The largest absolute Gasteiger partial charge is 0.204 e. The molecule has 0 fully saturated rings. The van der Waals surface area contributed by atoms with Crippen LogP contribution in [0.15, 0.2) is 72.9 Å². The Labute approximate surface area is 121 Å². The van der Waals surface area contributed by atoms with Crippen molar-refractivity contribution in [2.45, 2.75) is 33.1 Å². The van der Waals surface area contributed by atoms with Gasteiger partial charge in [0.2, 0.25) is 0 Å². The summed E-state index contributed by atoms with van der Waals surface area (Å²) in [4.78, 5) is 0. The molecule has 2 heteroatoms. The highest BCUT2D eigenvalue weighted by atomic mass is 19.2. The van der Waals surface area contributed by atoms with Gasteiger partial charge in [-0.1, -0.05) is 70.7 Å². The number of rotatable bonds is 9. The van der Waals surface area contributed by atoms with E-state index in [0.717, 1.165) is 30.9 Å². The first kappa shape index (κ1) is 18.3. The van der Waals surface area contributed by atoms with Crippen LogP contribution < -0.4 is 0 Å². The van der Waals surface area contributed by atoms with Gasteiger partial charge in [-0.3, -0.25) is 0 Å². The van der Waals surface area contributed by atoms with E-state index < -0.39 is 11.7 Å². The number of halogens is 2. The van der Waals surface area contributed by atoms with Crippen LogP contribution in [0.1, 0.15) is 33.1 Å². The smallest absolute Gasteiger partial charge is 0.165 e. The average Bonchev–Trinajstić information content (AvgIpc) is 2.46. The minimum Gasteiger partial charge on any atom is -0.204 e. The first-order valence-electron chi connectivity index (χ1n) is 6.78. The second-order valence-corrected chi connectivity index (χ2v) is 4.82. The predicted octanol–water partition coefficient (Wildman–Crippen LogP) is 6.37. The standard InChI is InChI=1S/C18H24F2/c1-7-9-10-13(3)14(4)11-12-15(5)16(6)18(20)17(19)8-2/h8,11-13H,2,4-7,9-10H2,1,3H3/b12-11-,18-17-. The molecule has 0 aliphatic rings. The molecule has 0 aromatic heterocycles. The Bertz CT molecular complexity index is 450. The highest BCUT2D eigenvalue weighted by molar-refractivity contribution is 5.48. The van der Waals surface area contributed by atoms with Crippen LogP contribution in [0.2, 0.25) is 0 Å². The first-order valence-corrected chi connectivity index (χ1v) is 6.78. The third-order valence-electron chi connectivity index (χ3n) is 3.16. The molecule has 0 aromatic carbocycles. The lowest BCUT2D eigenvalue weighted by Crippen LogP contribution is -1.96. The van der Waals surface area contributed by atoms with E-state index in [1.807, 2.05) is 0 Å². The van der Waals surface area contributed by atoms with Crippen LogP contribution in [-0.2, 0) is 0 Å². The molecule has 0 spiro atoms. The third-order valence-corrected chi connectivity index (χ3v) is 3.16. The molecule has 0 saturated carbocycles. The number of unbranched alkanes of at least 4 members (excludes halogenated alkanes) is 1. The van der Waals surface area contributed by atoms with Crippen LogP contribution >= 0.6 is 0 Å². The zero-order valence-electron chi connectivity index (χ0n) is 12.5. The van der Waals surface area contributed by atoms with Crippen LogP contribution in [-0.4, -0.2) is 0 Å². The molecule has 0 aliphatic carbocycles. The van der Waals surface area contributed by atoms with Gasteiger partial charge < -0.3 is 0 Å². The summed E-state index contributed by atoms with van der Waals surface area (Å²) in [6.45, 7) is 18.6. The van der Waals surface area contributed by atoms with Crippen LogP contribution in [0.5, 0.6) is 0 Å². The fourth-order valence-electron chi connectivity index (χ4n) is 1.54. The lowest BCUT2D eigenvalue weighted by atomic mass is 9.95. The van der Waals surface area contributed by atoms with Crippen molar-refractivity contribution in [1.29, 1.82) is 0 Å². The summed E-state index contributed by atoms with van der Waals surface area (Å²) >= 11 is 0. The van der Waals surface area contributed by atoms with E-state index in [2.05, 4.69) is 40.2 Å². The molecule has 0 radical (unpaired) electrons. The fraction of sp³-hybridized carbons (Fsp3) is 0.333. The Kier molecular flexibility index (Phi) is 8.46. The average molecular weight is 278 g/mol. The lowest BCUT2D eigenvalue weighted by molar-refractivity contribution is 0.567. The molecular weight excluding hydrogens is 254 g/mol.